The van der Waals surface area contributed by atoms with E-state index >= 15 is 0 Å². The van der Waals surface area contributed by atoms with Crippen molar-refractivity contribution in [1.82, 2.24) is 4.98 Å². The standard InChI is InChI=1S/C15H15F3N2O/c1-9-13(20-12-5-4-6-19-10(12)2)7-11(15(16,17)18)8-14(9)21-3/h4-8,20H,1-3H3. The first kappa shape index (κ1) is 15.2. The number of halogens is 3. The zero-order valence-electron chi connectivity index (χ0n) is 11.9. The van der Waals surface area contributed by atoms with E-state index in [2.05, 4.69) is 10.3 Å². The highest BCUT2D eigenvalue weighted by Gasteiger charge is 2.32. The Bertz CT molecular complexity index is 654. The van der Waals surface area contributed by atoms with Crippen molar-refractivity contribution in [1.29, 1.82) is 0 Å². The molecule has 21 heavy (non-hydrogen) atoms. The van der Waals surface area contributed by atoms with Crippen LogP contribution in [0.3, 0.4) is 0 Å². The minimum atomic E-state index is -4.43. The van der Waals surface area contributed by atoms with Crippen LogP contribution in [-0.4, -0.2) is 12.1 Å². The van der Waals surface area contributed by atoms with Crippen molar-refractivity contribution in [3.05, 3.63) is 47.3 Å². The first-order valence-electron chi connectivity index (χ1n) is 6.27. The molecule has 1 heterocycles. The number of rotatable bonds is 3. The van der Waals surface area contributed by atoms with Gasteiger partial charge in [0.05, 0.1) is 24.1 Å². The van der Waals surface area contributed by atoms with Crippen LogP contribution >= 0.6 is 0 Å². The molecule has 0 aliphatic carbocycles. The molecule has 2 rings (SSSR count). The molecule has 1 aromatic heterocycles. The molecule has 0 atom stereocenters. The van der Waals surface area contributed by atoms with E-state index < -0.39 is 11.7 Å². The zero-order chi connectivity index (χ0) is 15.6. The molecule has 0 saturated heterocycles. The summed E-state index contributed by atoms with van der Waals surface area (Å²) in [6.07, 6.45) is -2.80. The number of alkyl halides is 3. The molecule has 0 radical (unpaired) electrons. The van der Waals surface area contributed by atoms with Gasteiger partial charge in [0, 0.05) is 17.4 Å². The molecular weight excluding hydrogens is 281 g/mol. The average molecular weight is 296 g/mol. The van der Waals surface area contributed by atoms with Crippen molar-refractivity contribution in [2.24, 2.45) is 0 Å². The van der Waals surface area contributed by atoms with Gasteiger partial charge in [-0.05, 0) is 38.1 Å². The Balaban J connectivity index is 2.50. The minimum absolute atomic E-state index is 0.189. The lowest BCUT2D eigenvalue weighted by atomic mass is 10.1. The molecule has 0 aliphatic rings. The van der Waals surface area contributed by atoms with Gasteiger partial charge in [-0.3, -0.25) is 4.98 Å². The van der Waals surface area contributed by atoms with E-state index in [4.69, 9.17) is 4.74 Å². The van der Waals surface area contributed by atoms with Gasteiger partial charge < -0.3 is 10.1 Å². The molecule has 0 amide bonds. The van der Waals surface area contributed by atoms with E-state index in [1.165, 1.54) is 7.11 Å². The van der Waals surface area contributed by atoms with Crippen LogP contribution in [0.4, 0.5) is 24.5 Å². The second-order valence-electron chi connectivity index (χ2n) is 4.61. The van der Waals surface area contributed by atoms with Gasteiger partial charge in [-0.2, -0.15) is 13.2 Å². The summed E-state index contributed by atoms with van der Waals surface area (Å²) in [5.74, 6) is 0.189. The molecule has 2 aromatic rings. The van der Waals surface area contributed by atoms with E-state index in [1.54, 1.807) is 32.2 Å². The lowest BCUT2D eigenvalue weighted by Gasteiger charge is -2.17. The number of hydrogen-bond acceptors (Lipinski definition) is 3. The Kier molecular flexibility index (Phi) is 4.06. The number of aromatic nitrogens is 1. The van der Waals surface area contributed by atoms with Crippen LogP contribution in [0.5, 0.6) is 5.75 Å². The van der Waals surface area contributed by atoms with E-state index in [1.807, 2.05) is 0 Å². The lowest BCUT2D eigenvalue weighted by Crippen LogP contribution is -2.08. The maximum Gasteiger partial charge on any atom is 0.416 e. The minimum Gasteiger partial charge on any atom is -0.496 e. The SMILES string of the molecule is COc1cc(C(F)(F)F)cc(Nc2cccnc2C)c1C. The average Bonchev–Trinajstić information content (AvgIpc) is 2.42. The third kappa shape index (κ3) is 3.26. The molecule has 0 bridgehead atoms. The fourth-order valence-electron chi connectivity index (χ4n) is 1.95. The highest BCUT2D eigenvalue weighted by molar-refractivity contribution is 5.68. The smallest absolute Gasteiger partial charge is 0.416 e. The Labute approximate surface area is 120 Å². The van der Waals surface area contributed by atoms with Crippen molar-refractivity contribution in [3.8, 4) is 5.75 Å². The van der Waals surface area contributed by atoms with Gasteiger partial charge in [0.15, 0.2) is 0 Å². The molecule has 0 spiro atoms. The fraction of sp³-hybridized carbons (Fsp3) is 0.267. The van der Waals surface area contributed by atoms with Crippen molar-refractivity contribution in [3.63, 3.8) is 0 Å². The van der Waals surface area contributed by atoms with Crippen LogP contribution < -0.4 is 10.1 Å². The number of benzene rings is 1. The second kappa shape index (κ2) is 5.63. The third-order valence-corrected chi connectivity index (χ3v) is 3.18. The van der Waals surface area contributed by atoms with Crippen molar-refractivity contribution in [2.45, 2.75) is 20.0 Å². The number of methoxy groups -OCH3 is 1. The molecule has 1 aromatic carbocycles. The summed E-state index contributed by atoms with van der Waals surface area (Å²) in [5.41, 5.74) is 1.55. The van der Waals surface area contributed by atoms with E-state index in [0.717, 1.165) is 12.1 Å². The summed E-state index contributed by atoms with van der Waals surface area (Å²) < 4.78 is 43.8. The summed E-state index contributed by atoms with van der Waals surface area (Å²) in [6.45, 7) is 3.48. The maximum absolute atomic E-state index is 12.9. The number of ether oxygens (including phenoxy) is 1. The maximum atomic E-state index is 12.9. The van der Waals surface area contributed by atoms with Gasteiger partial charge in [-0.1, -0.05) is 0 Å². The molecule has 0 saturated carbocycles. The third-order valence-electron chi connectivity index (χ3n) is 3.18. The molecule has 0 aliphatic heterocycles. The van der Waals surface area contributed by atoms with E-state index in [9.17, 15) is 13.2 Å². The molecular formula is C15H15F3N2O. The quantitative estimate of drug-likeness (QED) is 0.907. The van der Waals surface area contributed by atoms with Crippen LogP contribution in [-0.2, 0) is 6.18 Å². The molecule has 112 valence electrons. The van der Waals surface area contributed by atoms with Crippen LogP contribution in [0.15, 0.2) is 30.5 Å². The highest BCUT2D eigenvalue weighted by atomic mass is 19.4. The number of nitrogens with one attached hydrogen (secondary N) is 1. The Morgan fingerprint density at radius 3 is 2.43 bits per heavy atom. The number of hydrogen-bond donors (Lipinski definition) is 1. The van der Waals surface area contributed by atoms with Gasteiger partial charge in [0.2, 0.25) is 0 Å². The predicted octanol–water partition coefficient (Wildman–Crippen LogP) is 4.47. The molecule has 0 fully saturated rings. The van der Waals surface area contributed by atoms with Crippen LogP contribution in [0.25, 0.3) is 0 Å². The summed E-state index contributed by atoms with van der Waals surface area (Å²) in [4.78, 5) is 4.10. The highest BCUT2D eigenvalue weighted by Crippen LogP contribution is 2.37. The summed E-state index contributed by atoms with van der Waals surface area (Å²) in [5, 5.41) is 2.99. The zero-order valence-corrected chi connectivity index (χ0v) is 11.9. The lowest BCUT2D eigenvalue weighted by molar-refractivity contribution is -0.137. The Morgan fingerprint density at radius 1 is 1.14 bits per heavy atom. The first-order chi connectivity index (χ1) is 9.82. The Morgan fingerprint density at radius 2 is 1.86 bits per heavy atom. The van der Waals surface area contributed by atoms with Gasteiger partial charge in [0.1, 0.15) is 5.75 Å². The Hall–Kier alpha value is -2.24. The van der Waals surface area contributed by atoms with Crippen LogP contribution in [0, 0.1) is 13.8 Å². The molecule has 0 unspecified atom stereocenters. The van der Waals surface area contributed by atoms with Crippen molar-refractivity contribution < 1.29 is 17.9 Å². The predicted molar refractivity (Wildman–Crippen MR) is 75.0 cm³/mol. The van der Waals surface area contributed by atoms with E-state index in [-0.39, 0.29) is 5.75 Å². The van der Waals surface area contributed by atoms with Crippen LogP contribution in [0.2, 0.25) is 0 Å². The number of anilines is 2. The fourth-order valence-corrected chi connectivity index (χ4v) is 1.95. The topological polar surface area (TPSA) is 34.1 Å². The monoisotopic (exact) mass is 296 g/mol. The number of nitrogens with zero attached hydrogens (tertiary/aromatic N) is 1. The molecule has 1 N–H and O–H groups in total. The van der Waals surface area contributed by atoms with Gasteiger partial charge in [-0.25, -0.2) is 0 Å². The van der Waals surface area contributed by atoms with Crippen molar-refractivity contribution >= 4 is 11.4 Å². The summed E-state index contributed by atoms with van der Waals surface area (Å²) in [6, 6.07) is 5.55. The first-order valence-corrected chi connectivity index (χ1v) is 6.27. The molecule has 6 heteroatoms. The van der Waals surface area contributed by atoms with Gasteiger partial charge in [-0.15, -0.1) is 0 Å². The summed E-state index contributed by atoms with van der Waals surface area (Å²) in [7, 11) is 1.35. The largest absolute Gasteiger partial charge is 0.496 e. The van der Waals surface area contributed by atoms with Gasteiger partial charge in [0.25, 0.3) is 0 Å². The summed E-state index contributed by atoms with van der Waals surface area (Å²) >= 11 is 0. The number of aryl methyl sites for hydroxylation is 1. The normalized spacial score (nSPS) is 11.3. The van der Waals surface area contributed by atoms with E-state index in [0.29, 0.717) is 22.6 Å². The van der Waals surface area contributed by atoms with Gasteiger partial charge >= 0.3 is 6.18 Å². The van der Waals surface area contributed by atoms with Crippen molar-refractivity contribution in [2.75, 3.05) is 12.4 Å². The van der Waals surface area contributed by atoms with Crippen LogP contribution in [0.1, 0.15) is 16.8 Å². The second-order valence-corrected chi connectivity index (χ2v) is 4.61. The number of pyridine rings is 1. The molecule has 3 nitrogen and oxygen atoms in total.